The molecule has 5 rings (SSSR count). The summed E-state index contributed by atoms with van der Waals surface area (Å²) in [5, 5.41) is 14.0. The van der Waals surface area contributed by atoms with Crippen LogP contribution in [-0.2, 0) is 20.5 Å². The Morgan fingerprint density at radius 3 is 2.53 bits per heavy atom. The number of thiazole rings is 1. The molecule has 0 spiro atoms. The van der Waals surface area contributed by atoms with Crippen LogP contribution < -0.4 is 14.8 Å². The van der Waals surface area contributed by atoms with Crippen molar-refractivity contribution in [2.24, 2.45) is 5.92 Å². The second-order valence-corrected chi connectivity index (χ2v) is 11.4. The van der Waals surface area contributed by atoms with E-state index in [0.29, 0.717) is 35.1 Å². The Hall–Kier alpha value is -4.14. The number of alkyl halides is 3. The van der Waals surface area contributed by atoms with Crippen molar-refractivity contribution < 1.29 is 46.9 Å². The Bertz CT molecular complexity index is 1600. The number of halogens is 3. The van der Waals surface area contributed by atoms with E-state index >= 15 is 0 Å². The van der Waals surface area contributed by atoms with Crippen molar-refractivity contribution in [2.45, 2.75) is 57.0 Å². The number of carboxylic acids is 1. The first kappa shape index (κ1) is 30.3. The Labute approximate surface area is 248 Å². The standard InChI is InChI=1S/C28H29F3N4O7S/c1-5-14-10-27(14,25(38)41-4)34-26(39)35-11-15(8-18(35)24(36)37)42-20-9-17(23-33-21(12-43-23)28(29,30)31)32-22-13(2)19(40-3)7-6-16(20)22/h6-7,9,12,14-15,18H,5,8,10-11H2,1-4H3,(H,34,39)(H,36,37)/t14-,15+,18+,27-/m1/s1. The number of carbonyl (C=O) groups excluding carboxylic acids is 2. The average Bonchev–Trinajstić information content (AvgIpc) is 3.28. The highest BCUT2D eigenvalue weighted by molar-refractivity contribution is 7.13. The van der Waals surface area contributed by atoms with Gasteiger partial charge >= 0.3 is 24.1 Å². The van der Waals surface area contributed by atoms with E-state index in [-0.39, 0.29) is 35.3 Å². The molecule has 1 saturated heterocycles. The van der Waals surface area contributed by atoms with Gasteiger partial charge < -0.3 is 29.5 Å². The second kappa shape index (κ2) is 11.2. The van der Waals surface area contributed by atoms with Gasteiger partial charge in [-0.05, 0) is 31.4 Å². The van der Waals surface area contributed by atoms with Crippen molar-refractivity contribution >= 4 is 40.2 Å². The molecule has 43 heavy (non-hydrogen) atoms. The number of carboxylic acid groups (broad SMARTS) is 1. The number of carbonyl (C=O) groups is 3. The van der Waals surface area contributed by atoms with E-state index in [2.05, 4.69) is 15.3 Å². The van der Waals surface area contributed by atoms with Gasteiger partial charge in [-0.2, -0.15) is 13.2 Å². The van der Waals surface area contributed by atoms with Crippen molar-refractivity contribution in [2.75, 3.05) is 20.8 Å². The minimum absolute atomic E-state index is 0.0140. The number of amides is 2. The van der Waals surface area contributed by atoms with Gasteiger partial charge in [0.1, 0.15) is 39.9 Å². The van der Waals surface area contributed by atoms with Crippen LogP contribution in [0.1, 0.15) is 37.4 Å². The number of aromatic nitrogens is 2. The molecule has 3 heterocycles. The van der Waals surface area contributed by atoms with Crippen molar-refractivity contribution in [1.29, 1.82) is 0 Å². The second-order valence-electron chi connectivity index (χ2n) is 10.5. The van der Waals surface area contributed by atoms with Gasteiger partial charge in [-0.3, -0.25) is 0 Å². The highest BCUT2D eigenvalue weighted by Gasteiger charge is 2.62. The highest BCUT2D eigenvalue weighted by atomic mass is 32.1. The number of likely N-dealkylation sites (tertiary alicyclic amines) is 1. The van der Waals surface area contributed by atoms with Crippen LogP contribution in [0.4, 0.5) is 18.0 Å². The van der Waals surface area contributed by atoms with Crippen molar-refractivity contribution in [3.8, 4) is 22.2 Å². The van der Waals surface area contributed by atoms with Gasteiger partial charge in [0.25, 0.3) is 0 Å². The third kappa shape index (κ3) is 5.53. The Kier molecular flexibility index (Phi) is 7.88. The predicted molar refractivity (Wildman–Crippen MR) is 148 cm³/mol. The number of rotatable bonds is 8. The maximum absolute atomic E-state index is 13.3. The van der Waals surface area contributed by atoms with Gasteiger partial charge in [0.05, 0.1) is 26.3 Å². The van der Waals surface area contributed by atoms with Gasteiger partial charge in [0.15, 0.2) is 5.69 Å². The number of aryl methyl sites for hydroxylation is 1. The highest BCUT2D eigenvalue weighted by Crippen LogP contribution is 2.47. The van der Waals surface area contributed by atoms with Crippen LogP contribution in [0.5, 0.6) is 11.5 Å². The van der Waals surface area contributed by atoms with Crippen LogP contribution in [0.15, 0.2) is 23.6 Å². The lowest BCUT2D eigenvalue weighted by Crippen LogP contribution is -2.53. The summed E-state index contributed by atoms with van der Waals surface area (Å²) < 4.78 is 56.4. The normalized spacial score (nSPS) is 23.2. The lowest BCUT2D eigenvalue weighted by molar-refractivity contribution is -0.144. The largest absolute Gasteiger partial charge is 0.496 e. The number of methoxy groups -OCH3 is 2. The molecular formula is C28H29F3N4O7S. The summed E-state index contributed by atoms with van der Waals surface area (Å²) in [6.45, 7) is 3.49. The minimum atomic E-state index is -4.63. The SMILES string of the molecule is CC[C@@H]1C[C@]1(NC(=O)N1C[C@@H](Oc2cc(-c3nc(C(F)(F)F)cs3)nc3c(C)c(OC)ccc23)C[C@H]1C(=O)O)C(=O)OC. The Balaban J connectivity index is 1.47. The van der Waals surface area contributed by atoms with E-state index in [4.69, 9.17) is 14.2 Å². The molecule has 11 nitrogen and oxygen atoms in total. The van der Waals surface area contributed by atoms with Crippen LogP contribution in [0.3, 0.4) is 0 Å². The number of ether oxygens (including phenoxy) is 3. The molecule has 2 fully saturated rings. The molecule has 3 aromatic rings. The third-order valence-electron chi connectivity index (χ3n) is 7.96. The van der Waals surface area contributed by atoms with Crippen LogP contribution in [0.2, 0.25) is 0 Å². The van der Waals surface area contributed by atoms with Crippen LogP contribution in [0.25, 0.3) is 21.6 Å². The van der Waals surface area contributed by atoms with E-state index in [1.807, 2.05) is 6.92 Å². The Morgan fingerprint density at radius 1 is 1.21 bits per heavy atom. The molecule has 2 amide bonds. The molecule has 1 aliphatic heterocycles. The Morgan fingerprint density at radius 2 is 1.95 bits per heavy atom. The molecule has 0 radical (unpaired) electrons. The molecule has 1 saturated carbocycles. The number of hydrogen-bond acceptors (Lipinski definition) is 9. The van der Waals surface area contributed by atoms with Gasteiger partial charge in [-0.1, -0.05) is 13.3 Å². The summed E-state index contributed by atoms with van der Waals surface area (Å²) in [5.41, 5.74) is -1.12. The number of hydrogen-bond donors (Lipinski definition) is 2. The van der Waals surface area contributed by atoms with E-state index in [1.165, 1.54) is 20.3 Å². The van der Waals surface area contributed by atoms with E-state index in [0.717, 1.165) is 21.6 Å². The molecule has 1 aromatic carbocycles. The number of fused-ring (bicyclic) bond motifs is 1. The van der Waals surface area contributed by atoms with Gasteiger partial charge in [-0.15, -0.1) is 11.3 Å². The zero-order valence-electron chi connectivity index (χ0n) is 23.7. The maximum Gasteiger partial charge on any atom is 0.434 e. The van der Waals surface area contributed by atoms with E-state index < -0.39 is 47.5 Å². The first-order valence-corrected chi connectivity index (χ1v) is 14.3. The number of nitrogens with one attached hydrogen (secondary N) is 1. The van der Waals surface area contributed by atoms with Crippen LogP contribution in [-0.4, -0.2) is 76.4 Å². The number of esters is 1. The fourth-order valence-electron chi connectivity index (χ4n) is 5.57. The summed E-state index contributed by atoms with van der Waals surface area (Å²) in [6, 6.07) is 2.85. The van der Waals surface area contributed by atoms with E-state index in [1.54, 1.807) is 19.1 Å². The average molecular weight is 623 g/mol. The first-order valence-electron chi connectivity index (χ1n) is 13.4. The minimum Gasteiger partial charge on any atom is -0.496 e. The molecular weight excluding hydrogens is 593 g/mol. The molecule has 2 aliphatic rings. The molecule has 4 atom stereocenters. The number of aliphatic carboxylic acids is 1. The summed E-state index contributed by atoms with van der Waals surface area (Å²) in [5.74, 6) is -1.25. The maximum atomic E-state index is 13.3. The molecule has 2 N–H and O–H groups in total. The molecule has 0 bridgehead atoms. The van der Waals surface area contributed by atoms with Crippen molar-refractivity contribution in [1.82, 2.24) is 20.2 Å². The van der Waals surface area contributed by atoms with Crippen molar-refractivity contribution in [3.05, 3.63) is 34.8 Å². The quantitative estimate of drug-likeness (QED) is 0.344. The number of urea groups is 1. The first-order chi connectivity index (χ1) is 20.3. The third-order valence-corrected chi connectivity index (χ3v) is 8.83. The predicted octanol–water partition coefficient (Wildman–Crippen LogP) is 4.65. The van der Waals surface area contributed by atoms with Crippen molar-refractivity contribution in [3.63, 3.8) is 0 Å². The zero-order valence-corrected chi connectivity index (χ0v) is 24.5. The lowest BCUT2D eigenvalue weighted by atomic mass is 10.1. The summed E-state index contributed by atoms with van der Waals surface area (Å²) in [4.78, 5) is 47.3. The smallest absolute Gasteiger partial charge is 0.434 e. The van der Waals surface area contributed by atoms with Gasteiger partial charge in [-0.25, -0.2) is 24.4 Å². The number of benzene rings is 1. The van der Waals surface area contributed by atoms with E-state index in [9.17, 15) is 32.7 Å². The summed E-state index contributed by atoms with van der Waals surface area (Å²) in [6.07, 6.45) is -4.50. The number of pyridine rings is 1. The fourth-order valence-corrected chi connectivity index (χ4v) is 6.36. The van der Waals surface area contributed by atoms with Crippen LogP contribution >= 0.6 is 11.3 Å². The summed E-state index contributed by atoms with van der Waals surface area (Å²) in [7, 11) is 2.70. The molecule has 230 valence electrons. The van der Waals surface area contributed by atoms with Gasteiger partial charge in [0, 0.05) is 28.8 Å². The molecule has 1 aliphatic carbocycles. The molecule has 15 heteroatoms. The van der Waals surface area contributed by atoms with Crippen LogP contribution in [0, 0.1) is 12.8 Å². The topological polar surface area (TPSA) is 140 Å². The zero-order chi connectivity index (χ0) is 31.3. The monoisotopic (exact) mass is 622 g/mol. The molecule has 0 unspecified atom stereocenters. The summed E-state index contributed by atoms with van der Waals surface area (Å²) >= 11 is 0.774. The molecule has 2 aromatic heterocycles. The van der Waals surface area contributed by atoms with Gasteiger partial charge in [0.2, 0.25) is 0 Å². The lowest BCUT2D eigenvalue weighted by Gasteiger charge is -2.25. The number of nitrogens with zero attached hydrogens (tertiary/aromatic N) is 3. The fraction of sp³-hybridized carbons (Fsp3) is 0.464.